The van der Waals surface area contributed by atoms with Crippen LogP contribution in [0.15, 0.2) is 48.9 Å². The highest BCUT2D eigenvalue weighted by Crippen LogP contribution is 2.47. The van der Waals surface area contributed by atoms with Crippen molar-refractivity contribution in [2.75, 3.05) is 13.1 Å². The summed E-state index contributed by atoms with van der Waals surface area (Å²) >= 11 is 0. The lowest BCUT2D eigenvalue weighted by Gasteiger charge is -2.37. The molecule has 2 amide bonds. The molecule has 5 rings (SSSR count). The summed E-state index contributed by atoms with van der Waals surface area (Å²) in [6.45, 7) is 1.05. The summed E-state index contributed by atoms with van der Waals surface area (Å²) in [5.41, 5.74) is 0.690. The average Bonchev–Trinajstić information content (AvgIpc) is 3.28. The van der Waals surface area contributed by atoms with Crippen molar-refractivity contribution in [1.82, 2.24) is 19.8 Å². The molecule has 28 heavy (non-hydrogen) atoms. The molecule has 144 valence electrons. The minimum atomic E-state index is -0.807. The normalized spacial score (nSPS) is 25.9. The van der Waals surface area contributed by atoms with E-state index in [0.717, 1.165) is 18.5 Å². The molecule has 0 N–H and O–H groups in total. The van der Waals surface area contributed by atoms with E-state index in [1.54, 1.807) is 18.6 Å². The molecule has 7 nitrogen and oxygen atoms in total. The number of piperidine rings is 1. The zero-order valence-corrected chi connectivity index (χ0v) is 15.5. The molecule has 3 aliphatic rings. The number of rotatable bonds is 2. The van der Waals surface area contributed by atoms with Crippen LogP contribution < -0.4 is 0 Å². The SMILES string of the molecule is O=C(c1ccccc1)N1CCC2(CC1)OC1CCC(c3cnccn3)N1C2=O. The van der Waals surface area contributed by atoms with Crippen molar-refractivity contribution in [3.05, 3.63) is 60.2 Å². The summed E-state index contributed by atoms with van der Waals surface area (Å²) < 4.78 is 6.30. The standard InChI is InChI=1S/C21H22N4O3/c26-19(15-4-2-1-3-5-15)24-12-8-21(9-13-24)20(27)25-17(6-7-18(25)28-21)16-14-22-10-11-23-16/h1-5,10-11,14,17-18H,6-9,12-13H2. The van der Waals surface area contributed by atoms with Gasteiger partial charge in [0.05, 0.1) is 17.9 Å². The predicted molar refractivity (Wildman–Crippen MR) is 100 cm³/mol. The van der Waals surface area contributed by atoms with Crippen LogP contribution in [-0.2, 0) is 9.53 Å². The quantitative estimate of drug-likeness (QED) is 0.801. The highest BCUT2D eigenvalue weighted by Gasteiger charge is 2.58. The topological polar surface area (TPSA) is 75.6 Å². The van der Waals surface area contributed by atoms with Crippen LogP contribution in [0.1, 0.15) is 47.8 Å². The Labute approximate surface area is 163 Å². The van der Waals surface area contributed by atoms with Crippen molar-refractivity contribution in [3.8, 4) is 0 Å². The Balaban J connectivity index is 1.31. The highest BCUT2D eigenvalue weighted by atomic mass is 16.6. The second-order valence-corrected chi connectivity index (χ2v) is 7.66. The van der Waals surface area contributed by atoms with Gasteiger partial charge < -0.3 is 14.5 Å². The number of benzene rings is 1. The first-order valence-electron chi connectivity index (χ1n) is 9.79. The highest BCUT2D eigenvalue weighted by molar-refractivity contribution is 5.95. The summed E-state index contributed by atoms with van der Waals surface area (Å²) in [4.78, 5) is 38.3. The van der Waals surface area contributed by atoms with Crippen molar-refractivity contribution >= 4 is 11.8 Å². The molecule has 1 aromatic carbocycles. The van der Waals surface area contributed by atoms with Gasteiger partial charge in [-0.3, -0.25) is 19.6 Å². The Kier molecular flexibility index (Phi) is 4.12. The number of aromatic nitrogens is 2. The second kappa shape index (κ2) is 6.67. The molecule has 0 saturated carbocycles. The van der Waals surface area contributed by atoms with Crippen LogP contribution in [0, 0.1) is 0 Å². The van der Waals surface area contributed by atoms with Gasteiger partial charge >= 0.3 is 0 Å². The zero-order chi connectivity index (χ0) is 19.1. The third-order valence-electron chi connectivity index (χ3n) is 6.12. The van der Waals surface area contributed by atoms with Crippen LogP contribution in [0.2, 0.25) is 0 Å². The zero-order valence-electron chi connectivity index (χ0n) is 15.5. The van der Waals surface area contributed by atoms with Gasteiger partial charge in [-0.1, -0.05) is 18.2 Å². The molecule has 4 heterocycles. The Morgan fingerprint density at radius 3 is 2.61 bits per heavy atom. The van der Waals surface area contributed by atoms with Gasteiger partial charge in [-0.05, 0) is 25.0 Å². The maximum atomic E-state index is 13.3. The van der Waals surface area contributed by atoms with Crippen molar-refractivity contribution < 1.29 is 14.3 Å². The predicted octanol–water partition coefficient (Wildman–Crippen LogP) is 2.17. The summed E-state index contributed by atoms with van der Waals surface area (Å²) in [6.07, 6.45) is 7.54. The maximum Gasteiger partial charge on any atom is 0.257 e. The minimum absolute atomic E-state index is 0.0128. The van der Waals surface area contributed by atoms with Crippen LogP contribution in [0.25, 0.3) is 0 Å². The summed E-state index contributed by atoms with van der Waals surface area (Å²) in [7, 11) is 0. The van der Waals surface area contributed by atoms with Gasteiger partial charge in [-0.25, -0.2) is 0 Å². The van der Waals surface area contributed by atoms with E-state index < -0.39 is 5.60 Å². The number of hydrogen-bond acceptors (Lipinski definition) is 5. The molecule has 1 spiro atoms. The molecule has 2 aromatic rings. The number of carbonyl (C=O) groups is 2. The smallest absolute Gasteiger partial charge is 0.257 e. The largest absolute Gasteiger partial charge is 0.342 e. The van der Waals surface area contributed by atoms with Crippen LogP contribution in [0.5, 0.6) is 0 Å². The monoisotopic (exact) mass is 378 g/mol. The van der Waals surface area contributed by atoms with Gasteiger partial charge in [0.2, 0.25) is 0 Å². The lowest BCUT2D eigenvalue weighted by Crippen LogP contribution is -2.51. The molecule has 3 fully saturated rings. The minimum Gasteiger partial charge on any atom is -0.342 e. The fraction of sp³-hybridized carbons (Fsp3) is 0.429. The van der Waals surface area contributed by atoms with E-state index in [2.05, 4.69) is 9.97 Å². The van der Waals surface area contributed by atoms with E-state index in [1.165, 1.54) is 0 Å². The van der Waals surface area contributed by atoms with Crippen molar-refractivity contribution in [2.45, 2.75) is 43.6 Å². The van der Waals surface area contributed by atoms with Gasteiger partial charge in [0.15, 0.2) is 5.60 Å². The van der Waals surface area contributed by atoms with Crippen molar-refractivity contribution in [1.29, 1.82) is 0 Å². The average molecular weight is 378 g/mol. The number of hydrogen-bond donors (Lipinski definition) is 0. The Morgan fingerprint density at radius 1 is 1.11 bits per heavy atom. The van der Waals surface area contributed by atoms with Crippen molar-refractivity contribution in [2.24, 2.45) is 0 Å². The van der Waals surface area contributed by atoms with E-state index in [1.807, 2.05) is 40.1 Å². The van der Waals surface area contributed by atoms with Gasteiger partial charge in [0.1, 0.15) is 6.23 Å². The van der Waals surface area contributed by atoms with Crippen LogP contribution in [-0.4, -0.2) is 56.5 Å². The fourth-order valence-electron chi connectivity index (χ4n) is 4.65. The van der Waals surface area contributed by atoms with Gasteiger partial charge in [-0.15, -0.1) is 0 Å². The summed E-state index contributed by atoms with van der Waals surface area (Å²) in [5, 5.41) is 0. The molecule has 1 aromatic heterocycles. The molecule has 0 bridgehead atoms. The summed E-state index contributed by atoms with van der Waals surface area (Å²) in [6, 6.07) is 9.20. The van der Waals surface area contributed by atoms with E-state index >= 15 is 0 Å². The molecule has 7 heteroatoms. The third-order valence-corrected chi connectivity index (χ3v) is 6.12. The molecule has 0 radical (unpaired) electrons. The number of ether oxygens (including phenoxy) is 1. The molecule has 2 unspecified atom stereocenters. The van der Waals surface area contributed by atoms with E-state index in [0.29, 0.717) is 31.5 Å². The molecular weight excluding hydrogens is 356 g/mol. The van der Waals surface area contributed by atoms with Crippen LogP contribution in [0.3, 0.4) is 0 Å². The number of fused-ring (bicyclic) bond motifs is 1. The van der Waals surface area contributed by atoms with Crippen LogP contribution in [0.4, 0.5) is 0 Å². The number of amides is 2. The molecule has 3 aliphatic heterocycles. The second-order valence-electron chi connectivity index (χ2n) is 7.66. The maximum absolute atomic E-state index is 13.3. The van der Waals surface area contributed by atoms with Gasteiger partial charge in [0.25, 0.3) is 11.8 Å². The Bertz CT molecular complexity index is 881. The van der Waals surface area contributed by atoms with Crippen molar-refractivity contribution in [3.63, 3.8) is 0 Å². The fourth-order valence-corrected chi connectivity index (χ4v) is 4.65. The number of nitrogens with zero attached hydrogens (tertiary/aromatic N) is 4. The van der Waals surface area contributed by atoms with Gasteiger partial charge in [-0.2, -0.15) is 0 Å². The Hall–Kier alpha value is -2.80. The van der Waals surface area contributed by atoms with E-state index in [9.17, 15) is 9.59 Å². The molecule has 2 atom stereocenters. The molecular formula is C21H22N4O3. The first-order chi connectivity index (χ1) is 13.7. The third kappa shape index (κ3) is 2.69. The van der Waals surface area contributed by atoms with E-state index in [4.69, 9.17) is 4.74 Å². The number of carbonyl (C=O) groups excluding carboxylic acids is 2. The van der Waals surface area contributed by atoms with Gasteiger partial charge in [0, 0.05) is 43.9 Å². The lowest BCUT2D eigenvalue weighted by atomic mass is 9.89. The first kappa shape index (κ1) is 17.3. The lowest BCUT2D eigenvalue weighted by molar-refractivity contribution is -0.142. The first-order valence-corrected chi connectivity index (χ1v) is 9.79. The number of likely N-dealkylation sites (tertiary alicyclic amines) is 1. The summed E-state index contributed by atoms with van der Waals surface area (Å²) in [5.74, 6) is 0.0521. The molecule has 3 saturated heterocycles. The van der Waals surface area contributed by atoms with E-state index in [-0.39, 0.29) is 24.1 Å². The Morgan fingerprint density at radius 2 is 1.89 bits per heavy atom. The molecule has 0 aliphatic carbocycles. The van der Waals surface area contributed by atoms with Crippen LogP contribution >= 0.6 is 0 Å².